The van der Waals surface area contributed by atoms with Crippen LogP contribution in [0.4, 0.5) is 8.78 Å². The summed E-state index contributed by atoms with van der Waals surface area (Å²) in [6, 6.07) is 4.18. The summed E-state index contributed by atoms with van der Waals surface area (Å²) in [5.41, 5.74) is 0.137. The number of carbonyl (C=O) groups is 1. The van der Waals surface area contributed by atoms with Crippen LogP contribution in [0.5, 0.6) is 0 Å². The average Bonchev–Trinajstić information content (AvgIpc) is 2.35. The number of amides is 1. The van der Waals surface area contributed by atoms with E-state index in [4.69, 9.17) is 6.42 Å². The van der Waals surface area contributed by atoms with E-state index in [1.165, 1.54) is 0 Å². The summed E-state index contributed by atoms with van der Waals surface area (Å²) in [5.74, 6) is -1.80. The van der Waals surface area contributed by atoms with E-state index in [2.05, 4.69) is 11.2 Å². The zero-order chi connectivity index (χ0) is 13.8. The Morgan fingerprint density at radius 1 is 1.33 bits per heavy atom. The van der Waals surface area contributed by atoms with Gasteiger partial charge >= 0.3 is 5.76 Å². The average molecular weight is 273 g/mol. The van der Waals surface area contributed by atoms with Crippen molar-refractivity contribution < 1.29 is 22.0 Å². The monoisotopic (exact) mass is 273 g/mol. The van der Waals surface area contributed by atoms with Crippen LogP contribution in [0.3, 0.4) is 0 Å². The number of sulfone groups is 1. The Morgan fingerprint density at radius 3 is 2.33 bits per heavy atom. The minimum atomic E-state index is -4.63. The van der Waals surface area contributed by atoms with Gasteiger partial charge in [0.2, 0.25) is 9.84 Å². The highest BCUT2D eigenvalue weighted by Crippen LogP contribution is 2.18. The van der Waals surface area contributed by atoms with Gasteiger partial charge < -0.3 is 5.32 Å². The second-order valence-electron chi connectivity index (χ2n) is 3.22. The highest BCUT2D eigenvalue weighted by molar-refractivity contribution is 7.91. The van der Waals surface area contributed by atoms with Crippen molar-refractivity contribution in [1.82, 2.24) is 5.32 Å². The maximum atomic E-state index is 12.2. The van der Waals surface area contributed by atoms with Gasteiger partial charge in [0.1, 0.15) is 0 Å². The molecule has 0 aromatic heterocycles. The van der Waals surface area contributed by atoms with E-state index in [0.717, 1.165) is 24.3 Å². The Kier molecular flexibility index (Phi) is 4.39. The first-order valence-corrected chi connectivity index (χ1v) is 6.28. The molecule has 0 saturated carbocycles. The first-order valence-electron chi connectivity index (χ1n) is 4.73. The molecule has 4 nitrogen and oxygen atoms in total. The van der Waals surface area contributed by atoms with Crippen molar-refractivity contribution in [3.63, 3.8) is 0 Å². The number of halogens is 2. The molecule has 1 amide bonds. The molecule has 1 rings (SSSR count). The van der Waals surface area contributed by atoms with Crippen LogP contribution >= 0.6 is 0 Å². The van der Waals surface area contributed by atoms with Crippen LogP contribution in [0.25, 0.3) is 0 Å². The molecule has 1 aromatic carbocycles. The fourth-order valence-electron chi connectivity index (χ4n) is 1.13. The third kappa shape index (κ3) is 3.05. The molecule has 0 atom stereocenters. The number of rotatable bonds is 4. The lowest BCUT2D eigenvalue weighted by molar-refractivity contribution is 0.0958. The van der Waals surface area contributed by atoms with Gasteiger partial charge in [0.25, 0.3) is 5.91 Å². The molecule has 0 spiro atoms. The summed E-state index contributed by atoms with van der Waals surface area (Å²) in [7, 11) is -4.63. The third-order valence-corrected chi connectivity index (χ3v) is 3.43. The van der Waals surface area contributed by atoms with Gasteiger partial charge in [-0.15, -0.1) is 6.42 Å². The van der Waals surface area contributed by atoms with E-state index >= 15 is 0 Å². The van der Waals surface area contributed by atoms with Crippen molar-refractivity contribution in [1.29, 1.82) is 0 Å². The zero-order valence-corrected chi connectivity index (χ0v) is 9.88. The summed E-state index contributed by atoms with van der Waals surface area (Å²) in [4.78, 5) is 10.9. The zero-order valence-electron chi connectivity index (χ0n) is 9.06. The largest absolute Gasteiger partial charge is 0.341 e. The molecule has 1 N–H and O–H groups in total. The van der Waals surface area contributed by atoms with E-state index in [1.54, 1.807) is 0 Å². The van der Waals surface area contributed by atoms with E-state index in [9.17, 15) is 22.0 Å². The lowest BCUT2D eigenvalue weighted by Gasteiger charge is -2.05. The first kappa shape index (κ1) is 14.1. The number of hydrogen-bond acceptors (Lipinski definition) is 3. The fraction of sp³-hybridized carbons (Fsp3) is 0.182. The topological polar surface area (TPSA) is 63.2 Å². The van der Waals surface area contributed by atoms with Crippen molar-refractivity contribution in [2.24, 2.45) is 0 Å². The number of benzene rings is 1. The minimum absolute atomic E-state index is 0.0237. The van der Waals surface area contributed by atoms with E-state index in [-0.39, 0.29) is 12.1 Å². The summed E-state index contributed by atoms with van der Waals surface area (Å²) in [6.45, 7) is 0.0237. The van der Waals surface area contributed by atoms with Crippen LogP contribution in [0.15, 0.2) is 29.2 Å². The molecular weight excluding hydrogens is 264 g/mol. The lowest BCUT2D eigenvalue weighted by atomic mass is 10.2. The molecule has 0 aliphatic rings. The smallest absolute Gasteiger partial charge is 0.341 e. The summed E-state index contributed by atoms with van der Waals surface area (Å²) in [6.07, 6.45) is 4.94. The van der Waals surface area contributed by atoms with Gasteiger partial charge in [-0.25, -0.2) is 8.42 Å². The second kappa shape index (κ2) is 5.60. The van der Waals surface area contributed by atoms with Crippen molar-refractivity contribution in [2.45, 2.75) is 10.7 Å². The van der Waals surface area contributed by atoms with Gasteiger partial charge in [-0.05, 0) is 24.3 Å². The van der Waals surface area contributed by atoms with Crippen LogP contribution in [-0.4, -0.2) is 26.6 Å². The van der Waals surface area contributed by atoms with Crippen molar-refractivity contribution in [2.75, 3.05) is 6.54 Å². The van der Waals surface area contributed by atoms with Crippen LogP contribution < -0.4 is 5.32 Å². The second-order valence-corrected chi connectivity index (χ2v) is 5.13. The summed E-state index contributed by atoms with van der Waals surface area (Å²) < 4.78 is 46.7. The Labute approximate surface area is 103 Å². The quantitative estimate of drug-likeness (QED) is 0.834. The number of nitrogens with one attached hydrogen (secondary N) is 1. The molecule has 0 fully saturated rings. The minimum Gasteiger partial charge on any atom is -0.341 e. The predicted octanol–water partition coefficient (Wildman–Crippen LogP) is 1.05. The molecule has 0 aliphatic carbocycles. The van der Waals surface area contributed by atoms with Gasteiger partial charge in [-0.3, -0.25) is 4.79 Å². The van der Waals surface area contributed by atoms with E-state index in [0.29, 0.717) is 0 Å². The molecule has 0 radical (unpaired) electrons. The Balaban J connectivity index is 2.94. The maximum Gasteiger partial charge on any atom is 0.341 e. The maximum absolute atomic E-state index is 12.2. The SMILES string of the molecule is C#CCNC(=O)c1ccc(S(=O)(=O)C(F)F)cc1. The first-order chi connectivity index (χ1) is 8.39. The molecule has 0 aliphatic heterocycles. The van der Waals surface area contributed by atoms with Gasteiger partial charge in [-0.2, -0.15) is 8.78 Å². The molecule has 0 unspecified atom stereocenters. The van der Waals surface area contributed by atoms with Crippen LogP contribution in [0.1, 0.15) is 10.4 Å². The van der Waals surface area contributed by atoms with E-state index < -0.39 is 26.4 Å². The highest BCUT2D eigenvalue weighted by atomic mass is 32.2. The van der Waals surface area contributed by atoms with Crippen LogP contribution in [-0.2, 0) is 9.84 Å². The molecular formula is C11H9F2NO3S. The molecule has 0 saturated heterocycles. The summed E-state index contributed by atoms with van der Waals surface area (Å²) in [5, 5.41) is 2.36. The molecule has 1 aromatic rings. The van der Waals surface area contributed by atoms with Crippen molar-refractivity contribution in [3.8, 4) is 12.3 Å². The van der Waals surface area contributed by atoms with Crippen LogP contribution in [0.2, 0.25) is 0 Å². The molecule has 0 bridgehead atoms. The predicted molar refractivity (Wildman–Crippen MR) is 60.8 cm³/mol. The third-order valence-electron chi connectivity index (χ3n) is 2.03. The van der Waals surface area contributed by atoms with Crippen LogP contribution in [0, 0.1) is 12.3 Å². The number of carbonyl (C=O) groups excluding carboxylic acids is 1. The van der Waals surface area contributed by atoms with Gasteiger partial charge in [0.05, 0.1) is 11.4 Å². The Bertz CT molecular complexity index is 573. The summed E-state index contributed by atoms with van der Waals surface area (Å²) >= 11 is 0. The number of terminal acetylenes is 1. The Hall–Kier alpha value is -1.94. The Morgan fingerprint density at radius 2 is 1.89 bits per heavy atom. The van der Waals surface area contributed by atoms with Gasteiger partial charge in [-0.1, -0.05) is 5.92 Å². The molecule has 18 heavy (non-hydrogen) atoms. The van der Waals surface area contributed by atoms with Gasteiger partial charge in [0.15, 0.2) is 0 Å². The lowest BCUT2D eigenvalue weighted by Crippen LogP contribution is -2.23. The van der Waals surface area contributed by atoms with Gasteiger partial charge in [0, 0.05) is 5.56 Å². The molecule has 0 heterocycles. The number of alkyl halides is 2. The van der Waals surface area contributed by atoms with Crippen molar-refractivity contribution in [3.05, 3.63) is 29.8 Å². The molecule has 7 heteroatoms. The normalized spacial score (nSPS) is 11.0. The fourth-order valence-corrected chi connectivity index (χ4v) is 1.85. The van der Waals surface area contributed by atoms with Crippen molar-refractivity contribution >= 4 is 15.7 Å². The number of hydrogen-bond donors (Lipinski definition) is 1. The standard InChI is InChI=1S/C11H9F2NO3S/c1-2-7-14-10(15)8-3-5-9(6-4-8)18(16,17)11(12)13/h1,3-6,11H,7H2,(H,14,15). The molecule has 96 valence electrons. The highest BCUT2D eigenvalue weighted by Gasteiger charge is 2.26. The van der Waals surface area contributed by atoms with E-state index in [1.807, 2.05) is 0 Å².